The highest BCUT2D eigenvalue weighted by atomic mass is 16.3. The van der Waals surface area contributed by atoms with Gasteiger partial charge < -0.3 is 9.32 Å². The summed E-state index contributed by atoms with van der Waals surface area (Å²) in [6.45, 7) is 3.95. The Bertz CT molecular complexity index is 1290. The van der Waals surface area contributed by atoms with E-state index in [0.29, 0.717) is 36.4 Å². The highest BCUT2D eigenvalue weighted by Crippen LogP contribution is 2.23. The lowest BCUT2D eigenvalue weighted by Gasteiger charge is -2.32. The maximum absolute atomic E-state index is 12.9. The molecule has 1 aliphatic rings. The van der Waals surface area contributed by atoms with Crippen LogP contribution in [0.2, 0.25) is 0 Å². The van der Waals surface area contributed by atoms with Crippen molar-refractivity contribution < 1.29 is 9.21 Å². The second-order valence-corrected chi connectivity index (χ2v) is 8.73. The third-order valence-electron chi connectivity index (χ3n) is 6.56. The summed E-state index contributed by atoms with van der Waals surface area (Å²) in [7, 11) is 0. The Hall–Kier alpha value is -3.35. The van der Waals surface area contributed by atoms with Gasteiger partial charge in [-0.25, -0.2) is 4.68 Å². The molecule has 1 fully saturated rings. The molecule has 3 aromatic heterocycles. The number of nitrogens with zero attached hydrogens (tertiary/aromatic N) is 4. The van der Waals surface area contributed by atoms with E-state index in [1.165, 1.54) is 10.2 Å². The molecule has 0 unspecified atom stereocenters. The minimum absolute atomic E-state index is 0.156. The van der Waals surface area contributed by atoms with Crippen molar-refractivity contribution in [3.05, 3.63) is 70.5 Å². The van der Waals surface area contributed by atoms with Crippen LogP contribution in [-0.4, -0.2) is 38.1 Å². The first kappa shape index (κ1) is 20.5. The molecule has 0 spiro atoms. The number of aromatic nitrogens is 3. The van der Waals surface area contributed by atoms with Crippen molar-refractivity contribution in [3.63, 3.8) is 0 Å². The average molecular weight is 433 g/mol. The maximum atomic E-state index is 12.9. The topological polar surface area (TPSA) is 72.8 Å². The van der Waals surface area contributed by atoms with Gasteiger partial charge in [0.1, 0.15) is 11.3 Å². The minimum atomic E-state index is -0.156. The third kappa shape index (κ3) is 3.95. The van der Waals surface area contributed by atoms with Crippen LogP contribution in [0.25, 0.3) is 16.6 Å². The van der Waals surface area contributed by atoms with E-state index in [2.05, 4.69) is 29.4 Å². The zero-order valence-corrected chi connectivity index (χ0v) is 18.4. The first-order valence-corrected chi connectivity index (χ1v) is 11.4. The minimum Gasteiger partial charge on any atom is -0.463 e. The number of furan rings is 1. The highest BCUT2D eigenvalue weighted by Gasteiger charge is 2.23. The Morgan fingerprint density at radius 3 is 2.69 bits per heavy atom. The predicted octanol–water partition coefficient (Wildman–Crippen LogP) is 3.81. The number of hydrogen-bond acceptors (Lipinski definition) is 4. The van der Waals surface area contributed by atoms with Gasteiger partial charge in [-0.2, -0.15) is 5.10 Å². The summed E-state index contributed by atoms with van der Waals surface area (Å²) in [4.78, 5) is 27.5. The lowest BCUT2D eigenvalue weighted by Crippen LogP contribution is -2.39. The van der Waals surface area contributed by atoms with Crippen LogP contribution in [0.5, 0.6) is 0 Å². The van der Waals surface area contributed by atoms with Crippen LogP contribution in [0.3, 0.4) is 0 Å². The van der Waals surface area contributed by atoms with Gasteiger partial charge in [0.25, 0.3) is 5.56 Å². The molecular weight excluding hydrogens is 404 g/mol. The molecule has 7 heteroatoms. The monoisotopic (exact) mass is 432 g/mol. The molecule has 1 amide bonds. The molecule has 0 N–H and O–H groups in total. The lowest BCUT2D eigenvalue weighted by molar-refractivity contribution is -0.132. The van der Waals surface area contributed by atoms with E-state index in [1.807, 2.05) is 28.4 Å². The van der Waals surface area contributed by atoms with Crippen molar-refractivity contribution in [2.24, 2.45) is 5.92 Å². The van der Waals surface area contributed by atoms with Crippen molar-refractivity contribution in [2.75, 3.05) is 13.1 Å². The Morgan fingerprint density at radius 2 is 1.91 bits per heavy atom. The molecule has 166 valence electrons. The third-order valence-corrected chi connectivity index (χ3v) is 6.56. The van der Waals surface area contributed by atoms with Gasteiger partial charge in [0.2, 0.25) is 5.91 Å². The van der Waals surface area contributed by atoms with E-state index in [0.717, 1.165) is 43.7 Å². The van der Waals surface area contributed by atoms with Crippen molar-refractivity contribution in [3.8, 4) is 0 Å². The first-order valence-electron chi connectivity index (χ1n) is 11.4. The van der Waals surface area contributed by atoms with E-state index >= 15 is 0 Å². The molecule has 0 radical (unpaired) electrons. The number of rotatable bonds is 6. The van der Waals surface area contributed by atoms with E-state index in [-0.39, 0.29) is 11.5 Å². The van der Waals surface area contributed by atoms with Crippen molar-refractivity contribution in [1.82, 2.24) is 19.1 Å². The SMILES string of the molecule is Cc1nn(CCCC(=O)N2CCC(Cc3ccccc3)CC2)c(=O)c2cc3occc3n12. The van der Waals surface area contributed by atoms with E-state index in [9.17, 15) is 9.59 Å². The zero-order chi connectivity index (χ0) is 22.1. The summed E-state index contributed by atoms with van der Waals surface area (Å²) in [6, 6.07) is 14.2. The fourth-order valence-electron chi connectivity index (χ4n) is 4.85. The normalized spacial score (nSPS) is 15.1. The van der Waals surface area contributed by atoms with Gasteiger partial charge in [-0.05, 0) is 44.1 Å². The molecule has 0 saturated carbocycles. The molecule has 4 aromatic rings. The van der Waals surface area contributed by atoms with E-state index in [4.69, 9.17) is 4.42 Å². The Balaban J connectivity index is 1.16. The zero-order valence-electron chi connectivity index (χ0n) is 18.4. The molecule has 32 heavy (non-hydrogen) atoms. The second kappa shape index (κ2) is 8.65. The Labute approximate surface area is 186 Å². The molecular formula is C25H28N4O3. The number of hydrogen-bond donors (Lipinski definition) is 0. The van der Waals surface area contributed by atoms with Crippen LogP contribution in [0.1, 0.15) is 37.1 Å². The Morgan fingerprint density at radius 1 is 1.12 bits per heavy atom. The number of fused-ring (bicyclic) bond motifs is 3. The fraction of sp³-hybridized carbons (Fsp3) is 0.400. The fourth-order valence-corrected chi connectivity index (χ4v) is 4.85. The van der Waals surface area contributed by atoms with Crippen LogP contribution < -0.4 is 5.56 Å². The molecule has 0 bridgehead atoms. The molecule has 0 atom stereocenters. The van der Waals surface area contributed by atoms with Gasteiger partial charge in [0.15, 0.2) is 5.58 Å². The van der Waals surface area contributed by atoms with Crippen molar-refractivity contribution in [1.29, 1.82) is 0 Å². The number of aryl methyl sites for hydroxylation is 2. The number of carbonyl (C=O) groups excluding carboxylic acids is 1. The van der Waals surface area contributed by atoms with Crippen LogP contribution in [0.4, 0.5) is 0 Å². The van der Waals surface area contributed by atoms with E-state index in [1.54, 1.807) is 12.3 Å². The number of likely N-dealkylation sites (tertiary alicyclic amines) is 1. The highest BCUT2D eigenvalue weighted by molar-refractivity contribution is 5.82. The summed E-state index contributed by atoms with van der Waals surface area (Å²) >= 11 is 0. The van der Waals surface area contributed by atoms with Crippen LogP contribution in [0.15, 0.2) is 57.9 Å². The summed E-state index contributed by atoms with van der Waals surface area (Å²) in [5.74, 6) is 1.54. The second-order valence-electron chi connectivity index (χ2n) is 8.73. The standard InChI is InChI=1S/C25H28N4O3/c1-18-26-28(25(31)22-17-23-21(29(18)22)11-15-32-23)12-5-8-24(30)27-13-9-20(10-14-27)16-19-6-3-2-4-7-19/h2-4,6-7,11,15,17,20H,5,8-10,12-14,16H2,1H3. The van der Waals surface area contributed by atoms with Crippen LogP contribution in [0, 0.1) is 12.8 Å². The molecule has 1 aliphatic heterocycles. The number of piperidine rings is 1. The van der Waals surface area contributed by atoms with Crippen LogP contribution >= 0.6 is 0 Å². The number of carbonyl (C=O) groups is 1. The molecule has 5 rings (SSSR count). The van der Waals surface area contributed by atoms with Gasteiger partial charge in [-0.15, -0.1) is 0 Å². The van der Waals surface area contributed by atoms with Gasteiger partial charge in [-0.3, -0.25) is 14.0 Å². The summed E-state index contributed by atoms with van der Waals surface area (Å²) in [5.41, 5.74) is 3.30. The lowest BCUT2D eigenvalue weighted by atomic mass is 9.90. The first-order chi connectivity index (χ1) is 15.6. The molecule has 0 aliphatic carbocycles. The summed E-state index contributed by atoms with van der Waals surface area (Å²) in [5, 5.41) is 4.46. The molecule has 1 aromatic carbocycles. The van der Waals surface area contributed by atoms with Gasteiger partial charge in [0, 0.05) is 38.2 Å². The molecule has 4 heterocycles. The Kier molecular flexibility index (Phi) is 5.55. The summed E-state index contributed by atoms with van der Waals surface area (Å²) in [6.07, 6.45) is 5.83. The van der Waals surface area contributed by atoms with Gasteiger partial charge in [0.05, 0.1) is 11.8 Å². The largest absolute Gasteiger partial charge is 0.463 e. The maximum Gasteiger partial charge on any atom is 0.291 e. The van der Waals surface area contributed by atoms with Gasteiger partial charge >= 0.3 is 0 Å². The molecule has 1 saturated heterocycles. The smallest absolute Gasteiger partial charge is 0.291 e. The average Bonchev–Trinajstić information content (AvgIpc) is 3.40. The molecule has 7 nitrogen and oxygen atoms in total. The number of amides is 1. The van der Waals surface area contributed by atoms with E-state index < -0.39 is 0 Å². The predicted molar refractivity (Wildman–Crippen MR) is 123 cm³/mol. The quantitative estimate of drug-likeness (QED) is 0.464. The summed E-state index contributed by atoms with van der Waals surface area (Å²) < 4.78 is 8.72. The number of benzene rings is 1. The van der Waals surface area contributed by atoms with Crippen molar-refractivity contribution >= 4 is 22.5 Å². The van der Waals surface area contributed by atoms with Crippen molar-refractivity contribution in [2.45, 2.75) is 45.6 Å². The van der Waals surface area contributed by atoms with Crippen LogP contribution in [-0.2, 0) is 17.8 Å². The van der Waals surface area contributed by atoms with Gasteiger partial charge in [-0.1, -0.05) is 30.3 Å².